The Morgan fingerprint density at radius 3 is 2.15 bits per heavy atom. The fourth-order valence-electron chi connectivity index (χ4n) is 3.38. The van der Waals surface area contributed by atoms with E-state index in [1.165, 1.54) is 0 Å². The molecule has 1 heterocycles. The van der Waals surface area contributed by atoms with E-state index in [9.17, 15) is 4.79 Å². The second kappa shape index (κ2) is 16.8. The molecular formula is C28H39N7O4. The van der Waals surface area contributed by atoms with Crippen LogP contribution in [0.25, 0.3) is 0 Å². The van der Waals surface area contributed by atoms with Gasteiger partial charge in [-0.25, -0.2) is 0 Å². The molecule has 1 amide bonds. The topological polar surface area (TPSA) is 132 Å². The molecule has 0 bridgehead atoms. The van der Waals surface area contributed by atoms with E-state index in [-0.39, 0.29) is 5.91 Å². The minimum Gasteiger partial charge on any atom is -0.497 e. The predicted octanol–water partition coefficient (Wildman–Crippen LogP) is 3.96. The first-order chi connectivity index (χ1) is 19.0. The van der Waals surface area contributed by atoms with Gasteiger partial charge in [0.05, 0.1) is 33.5 Å². The van der Waals surface area contributed by atoms with Gasteiger partial charge in [-0.05, 0) is 36.6 Å². The van der Waals surface area contributed by atoms with E-state index in [0.717, 1.165) is 24.4 Å². The molecule has 210 valence electrons. The van der Waals surface area contributed by atoms with Crippen LogP contribution < -0.4 is 26.0 Å². The van der Waals surface area contributed by atoms with Crippen LogP contribution in [-0.4, -0.2) is 74.0 Å². The summed E-state index contributed by atoms with van der Waals surface area (Å²) in [6.45, 7) is 7.81. The Morgan fingerprint density at radius 1 is 0.795 bits per heavy atom. The highest BCUT2D eigenvalue weighted by molar-refractivity contribution is 5.94. The molecule has 3 rings (SSSR count). The molecule has 1 aromatic heterocycles. The van der Waals surface area contributed by atoms with E-state index >= 15 is 0 Å². The molecule has 0 saturated heterocycles. The van der Waals surface area contributed by atoms with Crippen molar-refractivity contribution in [3.05, 3.63) is 60.2 Å². The van der Waals surface area contributed by atoms with E-state index in [1.54, 1.807) is 19.2 Å². The van der Waals surface area contributed by atoms with Crippen LogP contribution in [-0.2, 0) is 9.47 Å². The van der Waals surface area contributed by atoms with Gasteiger partial charge in [0.15, 0.2) is 0 Å². The molecule has 39 heavy (non-hydrogen) atoms. The largest absolute Gasteiger partial charge is 0.497 e. The molecule has 11 heteroatoms. The van der Waals surface area contributed by atoms with Crippen molar-refractivity contribution >= 4 is 29.4 Å². The van der Waals surface area contributed by atoms with Crippen molar-refractivity contribution in [2.75, 3.05) is 69.1 Å². The molecule has 3 aromatic rings. The van der Waals surface area contributed by atoms with Crippen LogP contribution in [0.1, 0.15) is 30.6 Å². The number of ether oxygens (including phenoxy) is 3. The van der Waals surface area contributed by atoms with E-state index in [1.807, 2.05) is 42.5 Å². The average molecular weight is 538 g/mol. The summed E-state index contributed by atoms with van der Waals surface area (Å²) in [4.78, 5) is 25.5. The van der Waals surface area contributed by atoms with Crippen LogP contribution in [0.2, 0.25) is 0 Å². The lowest BCUT2D eigenvalue weighted by Crippen LogP contribution is -2.27. The SMILES string of the molecule is COc1cccc(Nc2nc(NCCOCCOCCNC(=O)c3ccccc3)nc(NCCC(C)C)n2)c1. The number of amides is 1. The zero-order chi connectivity index (χ0) is 27.7. The Labute approximate surface area is 230 Å². The minimum atomic E-state index is -0.111. The number of anilines is 4. The molecule has 0 radical (unpaired) electrons. The number of methoxy groups -OCH3 is 1. The first-order valence-corrected chi connectivity index (χ1v) is 13.2. The molecule has 0 aliphatic carbocycles. The number of nitrogens with zero attached hydrogens (tertiary/aromatic N) is 3. The van der Waals surface area contributed by atoms with E-state index < -0.39 is 0 Å². The number of hydrogen-bond donors (Lipinski definition) is 4. The van der Waals surface area contributed by atoms with Gasteiger partial charge >= 0.3 is 0 Å². The Balaban J connectivity index is 1.38. The molecule has 0 saturated carbocycles. The number of carbonyl (C=O) groups excluding carboxylic acids is 1. The van der Waals surface area contributed by atoms with E-state index in [4.69, 9.17) is 14.2 Å². The zero-order valence-electron chi connectivity index (χ0n) is 22.9. The van der Waals surface area contributed by atoms with Crippen LogP contribution in [0, 0.1) is 5.92 Å². The summed E-state index contributed by atoms with van der Waals surface area (Å²) in [7, 11) is 1.63. The van der Waals surface area contributed by atoms with Gasteiger partial charge < -0.3 is 35.5 Å². The number of aromatic nitrogens is 3. The second-order valence-corrected chi connectivity index (χ2v) is 9.05. The number of nitrogens with one attached hydrogen (secondary N) is 4. The standard InChI is InChI=1S/C28H39N7O4/c1-21(2)12-13-30-26-33-27(35-28(34-26)32-23-10-7-11-24(20-23)37-3)31-15-17-39-19-18-38-16-14-29-25(36)22-8-5-4-6-9-22/h4-11,20-21H,12-19H2,1-3H3,(H,29,36)(H3,30,31,32,33,34,35). The quantitative estimate of drug-likeness (QED) is 0.177. The van der Waals surface area contributed by atoms with Gasteiger partial charge in [-0.15, -0.1) is 0 Å². The molecule has 0 aliphatic heterocycles. The normalized spacial score (nSPS) is 10.8. The van der Waals surface area contributed by atoms with Crippen molar-refractivity contribution in [3.8, 4) is 5.75 Å². The first kappa shape index (κ1) is 29.6. The molecular weight excluding hydrogens is 498 g/mol. The van der Waals surface area contributed by atoms with E-state index in [2.05, 4.69) is 50.1 Å². The van der Waals surface area contributed by atoms with Crippen LogP contribution in [0.5, 0.6) is 5.75 Å². The summed E-state index contributed by atoms with van der Waals surface area (Å²) in [5, 5.41) is 12.5. The zero-order valence-corrected chi connectivity index (χ0v) is 22.9. The van der Waals surface area contributed by atoms with Gasteiger partial charge in [0.1, 0.15) is 5.75 Å². The average Bonchev–Trinajstić information content (AvgIpc) is 2.94. The number of hydrogen-bond acceptors (Lipinski definition) is 10. The summed E-state index contributed by atoms with van der Waals surface area (Å²) in [6.07, 6.45) is 1.00. The van der Waals surface area contributed by atoms with Crippen LogP contribution in [0.3, 0.4) is 0 Å². The van der Waals surface area contributed by atoms with Crippen LogP contribution in [0.15, 0.2) is 54.6 Å². The fraction of sp³-hybridized carbons (Fsp3) is 0.429. The van der Waals surface area contributed by atoms with Crippen molar-refractivity contribution in [1.82, 2.24) is 20.3 Å². The maximum Gasteiger partial charge on any atom is 0.251 e. The Bertz CT molecular complexity index is 1130. The lowest BCUT2D eigenvalue weighted by atomic mass is 10.1. The fourth-order valence-corrected chi connectivity index (χ4v) is 3.38. The highest BCUT2D eigenvalue weighted by Gasteiger charge is 2.08. The van der Waals surface area contributed by atoms with Gasteiger partial charge in [-0.3, -0.25) is 4.79 Å². The Morgan fingerprint density at radius 2 is 1.46 bits per heavy atom. The monoisotopic (exact) mass is 537 g/mol. The van der Waals surface area contributed by atoms with Gasteiger partial charge in [0.25, 0.3) is 5.91 Å². The first-order valence-electron chi connectivity index (χ1n) is 13.2. The summed E-state index contributed by atoms with van der Waals surface area (Å²) in [5.74, 6) is 2.55. The van der Waals surface area contributed by atoms with Crippen LogP contribution >= 0.6 is 0 Å². The predicted molar refractivity (Wildman–Crippen MR) is 153 cm³/mol. The highest BCUT2D eigenvalue weighted by atomic mass is 16.5. The molecule has 0 spiro atoms. The van der Waals surface area contributed by atoms with Crippen molar-refractivity contribution in [3.63, 3.8) is 0 Å². The van der Waals surface area contributed by atoms with Crippen molar-refractivity contribution in [1.29, 1.82) is 0 Å². The molecule has 11 nitrogen and oxygen atoms in total. The molecule has 4 N–H and O–H groups in total. The van der Waals surface area contributed by atoms with Crippen molar-refractivity contribution in [2.45, 2.75) is 20.3 Å². The third-order valence-corrected chi connectivity index (χ3v) is 5.44. The molecule has 0 fully saturated rings. The Kier molecular flexibility index (Phi) is 12.7. The summed E-state index contributed by atoms with van der Waals surface area (Å²) < 4.78 is 16.5. The van der Waals surface area contributed by atoms with Gasteiger partial charge in [-0.2, -0.15) is 15.0 Å². The van der Waals surface area contributed by atoms with Crippen molar-refractivity contribution in [2.24, 2.45) is 5.92 Å². The molecule has 2 aromatic carbocycles. The van der Waals surface area contributed by atoms with Gasteiger partial charge in [-0.1, -0.05) is 38.1 Å². The maximum atomic E-state index is 12.0. The number of rotatable bonds is 18. The number of benzene rings is 2. The number of carbonyl (C=O) groups is 1. The molecule has 0 atom stereocenters. The third kappa shape index (κ3) is 11.5. The molecule has 0 aliphatic rings. The van der Waals surface area contributed by atoms with E-state index in [0.29, 0.717) is 68.8 Å². The van der Waals surface area contributed by atoms with Crippen LogP contribution in [0.4, 0.5) is 23.5 Å². The lowest BCUT2D eigenvalue weighted by Gasteiger charge is -2.12. The highest BCUT2D eigenvalue weighted by Crippen LogP contribution is 2.20. The Hall–Kier alpha value is -3.96. The summed E-state index contributed by atoms with van der Waals surface area (Å²) >= 11 is 0. The van der Waals surface area contributed by atoms with Gasteiger partial charge in [0, 0.05) is 37.0 Å². The second-order valence-electron chi connectivity index (χ2n) is 9.05. The smallest absolute Gasteiger partial charge is 0.251 e. The third-order valence-electron chi connectivity index (χ3n) is 5.44. The summed E-state index contributed by atoms with van der Waals surface area (Å²) in [6, 6.07) is 16.6. The maximum absolute atomic E-state index is 12.0. The molecule has 0 unspecified atom stereocenters. The minimum absolute atomic E-state index is 0.111. The van der Waals surface area contributed by atoms with Crippen molar-refractivity contribution < 1.29 is 19.0 Å². The lowest BCUT2D eigenvalue weighted by molar-refractivity contribution is 0.0519. The van der Waals surface area contributed by atoms with Gasteiger partial charge in [0.2, 0.25) is 17.8 Å². The summed E-state index contributed by atoms with van der Waals surface area (Å²) in [5.41, 5.74) is 1.44.